The summed E-state index contributed by atoms with van der Waals surface area (Å²) in [4.78, 5) is 18.0. The van der Waals surface area contributed by atoms with Crippen LogP contribution in [0.25, 0.3) is 5.65 Å². The van der Waals surface area contributed by atoms with Crippen LogP contribution in [0, 0.1) is 5.82 Å². The van der Waals surface area contributed by atoms with Crippen molar-refractivity contribution in [2.24, 2.45) is 0 Å². The van der Waals surface area contributed by atoms with Gasteiger partial charge in [0.25, 0.3) is 0 Å². The molecule has 0 aliphatic carbocycles. The number of aromatic nitrogens is 2. The molecule has 0 unspecified atom stereocenters. The van der Waals surface area contributed by atoms with Crippen molar-refractivity contribution in [1.29, 1.82) is 0 Å². The smallest absolute Gasteiger partial charge is 0.235 e. The van der Waals surface area contributed by atoms with Gasteiger partial charge < -0.3 is 19.2 Å². The van der Waals surface area contributed by atoms with E-state index in [9.17, 15) is 9.18 Å². The highest BCUT2D eigenvalue weighted by atomic mass is 19.1. The molecule has 168 valence electrons. The lowest BCUT2D eigenvalue weighted by atomic mass is 9.73. The number of pyridine rings is 1. The van der Waals surface area contributed by atoms with E-state index in [2.05, 4.69) is 10.3 Å². The number of carbonyl (C=O) groups excluding carboxylic acids is 1. The van der Waals surface area contributed by atoms with Crippen molar-refractivity contribution in [2.45, 2.75) is 24.9 Å². The maximum atomic E-state index is 13.5. The Morgan fingerprint density at radius 1 is 1.09 bits per heavy atom. The van der Waals surface area contributed by atoms with Crippen LogP contribution in [0.1, 0.15) is 24.1 Å². The van der Waals surface area contributed by atoms with E-state index in [1.165, 1.54) is 12.1 Å². The van der Waals surface area contributed by atoms with Gasteiger partial charge in [-0.15, -0.1) is 0 Å². The third-order valence-corrected chi connectivity index (χ3v) is 6.07. The van der Waals surface area contributed by atoms with Gasteiger partial charge in [-0.2, -0.15) is 0 Å². The maximum absolute atomic E-state index is 13.5. The molecule has 6 nitrogen and oxygen atoms in total. The molecule has 4 aromatic rings. The number of nitrogens with one attached hydrogen (secondary N) is 1. The SMILES string of the molecule is O=C(Nc1cccc(OCc2cn3ccccc3n2)c1)C1(c2ccc(F)cc2)CCOCC1. The van der Waals surface area contributed by atoms with E-state index in [1.807, 2.05) is 53.2 Å². The summed E-state index contributed by atoms with van der Waals surface area (Å²) in [6.45, 7) is 1.27. The summed E-state index contributed by atoms with van der Waals surface area (Å²) in [5.41, 5.74) is 2.34. The molecule has 0 radical (unpaired) electrons. The Labute approximate surface area is 191 Å². The van der Waals surface area contributed by atoms with Gasteiger partial charge in [0.05, 0.1) is 11.1 Å². The van der Waals surface area contributed by atoms with Crippen LogP contribution >= 0.6 is 0 Å². The molecular formula is C26H24FN3O3. The third-order valence-electron chi connectivity index (χ3n) is 6.07. The summed E-state index contributed by atoms with van der Waals surface area (Å²) in [5, 5.41) is 3.04. The van der Waals surface area contributed by atoms with Crippen molar-refractivity contribution in [3.8, 4) is 5.75 Å². The van der Waals surface area contributed by atoms with Crippen LogP contribution in [-0.2, 0) is 21.6 Å². The Balaban J connectivity index is 1.31. The van der Waals surface area contributed by atoms with Gasteiger partial charge in [0.15, 0.2) is 0 Å². The first kappa shape index (κ1) is 21.2. The second kappa shape index (κ2) is 9.03. The Morgan fingerprint density at radius 3 is 2.70 bits per heavy atom. The molecule has 3 heterocycles. The zero-order chi connectivity index (χ0) is 22.7. The quantitative estimate of drug-likeness (QED) is 0.466. The topological polar surface area (TPSA) is 64.9 Å². The van der Waals surface area contributed by atoms with Gasteiger partial charge in [-0.1, -0.05) is 24.3 Å². The molecule has 1 N–H and O–H groups in total. The summed E-state index contributed by atoms with van der Waals surface area (Å²) < 4.78 is 26.9. The first-order valence-corrected chi connectivity index (χ1v) is 10.9. The van der Waals surface area contributed by atoms with Gasteiger partial charge in [-0.05, 0) is 54.8 Å². The molecular weight excluding hydrogens is 421 g/mol. The lowest BCUT2D eigenvalue weighted by molar-refractivity contribution is -0.125. The highest BCUT2D eigenvalue weighted by Crippen LogP contribution is 2.36. The van der Waals surface area contributed by atoms with Crippen LogP contribution in [0.15, 0.2) is 79.1 Å². The molecule has 1 saturated heterocycles. The monoisotopic (exact) mass is 445 g/mol. The van der Waals surface area contributed by atoms with Gasteiger partial charge in [-0.25, -0.2) is 9.37 Å². The summed E-state index contributed by atoms with van der Waals surface area (Å²) in [6, 6.07) is 19.3. The molecule has 1 aliphatic rings. The fourth-order valence-corrected chi connectivity index (χ4v) is 4.26. The van der Waals surface area contributed by atoms with Gasteiger partial charge >= 0.3 is 0 Å². The molecule has 1 fully saturated rings. The predicted octanol–water partition coefficient (Wildman–Crippen LogP) is 4.74. The fourth-order valence-electron chi connectivity index (χ4n) is 4.26. The number of imidazole rings is 1. The molecule has 0 saturated carbocycles. The van der Waals surface area contributed by atoms with Crippen LogP contribution < -0.4 is 10.1 Å². The maximum Gasteiger partial charge on any atom is 0.235 e. The average Bonchev–Trinajstić information content (AvgIpc) is 3.27. The number of hydrogen-bond acceptors (Lipinski definition) is 4. The van der Waals surface area contributed by atoms with E-state index < -0.39 is 5.41 Å². The molecule has 2 aromatic carbocycles. The number of anilines is 1. The molecule has 0 spiro atoms. The largest absolute Gasteiger partial charge is 0.487 e. The van der Waals surface area contributed by atoms with Crippen LogP contribution in [0.5, 0.6) is 5.75 Å². The molecule has 0 atom stereocenters. The highest BCUT2D eigenvalue weighted by molar-refractivity contribution is 5.99. The molecule has 5 rings (SSSR count). The minimum absolute atomic E-state index is 0.130. The molecule has 33 heavy (non-hydrogen) atoms. The molecule has 1 aliphatic heterocycles. The number of fused-ring (bicyclic) bond motifs is 1. The molecule has 2 aromatic heterocycles. The minimum atomic E-state index is -0.765. The summed E-state index contributed by atoms with van der Waals surface area (Å²) in [7, 11) is 0. The average molecular weight is 445 g/mol. The van der Waals surface area contributed by atoms with E-state index in [4.69, 9.17) is 9.47 Å². The number of ether oxygens (including phenoxy) is 2. The third kappa shape index (κ3) is 4.45. The van der Waals surface area contributed by atoms with Gasteiger partial charge in [-0.3, -0.25) is 4.79 Å². The van der Waals surface area contributed by atoms with Crippen molar-refractivity contribution in [3.63, 3.8) is 0 Å². The standard InChI is InChI=1S/C26H24FN3O3/c27-20-9-7-19(8-10-20)26(11-14-32-15-12-26)25(31)29-21-4-3-5-23(16-21)33-18-22-17-30-13-2-1-6-24(30)28-22/h1-10,13,16-17H,11-12,14-15,18H2,(H,29,31). The highest BCUT2D eigenvalue weighted by Gasteiger charge is 2.41. The number of rotatable bonds is 6. The summed E-state index contributed by atoms with van der Waals surface area (Å²) in [5.74, 6) is 0.180. The summed E-state index contributed by atoms with van der Waals surface area (Å²) >= 11 is 0. The van der Waals surface area contributed by atoms with Gasteiger partial charge in [0, 0.05) is 37.4 Å². The van der Waals surface area contributed by atoms with Crippen LogP contribution in [0.3, 0.4) is 0 Å². The van der Waals surface area contributed by atoms with Crippen molar-refractivity contribution in [3.05, 3.63) is 96.2 Å². The molecule has 7 heteroatoms. The Kier molecular flexibility index (Phi) is 5.79. The number of halogens is 1. The van der Waals surface area contributed by atoms with Crippen LogP contribution in [0.4, 0.5) is 10.1 Å². The van der Waals surface area contributed by atoms with E-state index in [1.54, 1.807) is 18.2 Å². The van der Waals surface area contributed by atoms with Crippen molar-refractivity contribution < 1.29 is 18.7 Å². The molecule has 1 amide bonds. The minimum Gasteiger partial charge on any atom is -0.487 e. The Hall–Kier alpha value is -3.71. The summed E-state index contributed by atoms with van der Waals surface area (Å²) in [6.07, 6.45) is 4.94. The van der Waals surface area contributed by atoms with Crippen molar-refractivity contribution in [1.82, 2.24) is 9.38 Å². The first-order chi connectivity index (χ1) is 16.1. The predicted molar refractivity (Wildman–Crippen MR) is 123 cm³/mol. The van der Waals surface area contributed by atoms with Crippen LogP contribution in [-0.4, -0.2) is 28.5 Å². The van der Waals surface area contributed by atoms with E-state index >= 15 is 0 Å². The van der Waals surface area contributed by atoms with E-state index in [-0.39, 0.29) is 11.7 Å². The fraction of sp³-hybridized carbons (Fsp3) is 0.231. The number of benzene rings is 2. The van der Waals surface area contributed by atoms with Gasteiger partial charge in [0.2, 0.25) is 5.91 Å². The second-order valence-corrected chi connectivity index (χ2v) is 8.17. The number of carbonyl (C=O) groups is 1. The van der Waals surface area contributed by atoms with Crippen LogP contribution in [0.2, 0.25) is 0 Å². The Bertz CT molecular complexity index is 1230. The van der Waals surface area contributed by atoms with Crippen molar-refractivity contribution >= 4 is 17.2 Å². The van der Waals surface area contributed by atoms with Crippen molar-refractivity contribution in [2.75, 3.05) is 18.5 Å². The lowest BCUT2D eigenvalue weighted by Gasteiger charge is -2.36. The second-order valence-electron chi connectivity index (χ2n) is 8.17. The number of amides is 1. The normalized spacial score (nSPS) is 15.3. The van der Waals surface area contributed by atoms with E-state index in [0.29, 0.717) is 44.1 Å². The van der Waals surface area contributed by atoms with E-state index in [0.717, 1.165) is 16.9 Å². The zero-order valence-electron chi connectivity index (χ0n) is 18.0. The molecule has 0 bridgehead atoms. The number of hydrogen-bond donors (Lipinski definition) is 1. The first-order valence-electron chi connectivity index (χ1n) is 10.9. The van der Waals surface area contributed by atoms with Gasteiger partial charge in [0.1, 0.15) is 23.8 Å². The Morgan fingerprint density at radius 2 is 1.91 bits per heavy atom. The zero-order valence-corrected chi connectivity index (χ0v) is 18.0. The lowest BCUT2D eigenvalue weighted by Crippen LogP contribution is -2.44. The number of nitrogens with zero attached hydrogens (tertiary/aromatic N) is 2.